The first-order valence-corrected chi connectivity index (χ1v) is 17.6. The Bertz CT molecular complexity index is 2960. The zero-order chi connectivity index (χ0) is 34.2. The van der Waals surface area contributed by atoms with Crippen molar-refractivity contribution >= 4 is 55.0 Å². The molecule has 0 fully saturated rings. The first-order valence-electron chi connectivity index (χ1n) is 17.6. The molecule has 0 saturated heterocycles. The number of hydrogen-bond acceptors (Lipinski definition) is 4. The molecule has 244 valence electrons. The van der Waals surface area contributed by atoms with Gasteiger partial charge in [-0.05, 0) is 64.4 Å². The highest BCUT2D eigenvalue weighted by Crippen LogP contribution is 2.49. The second-order valence-electron chi connectivity index (χ2n) is 13.4. The lowest BCUT2D eigenvalue weighted by Crippen LogP contribution is -2.33. The lowest BCUT2D eigenvalue weighted by Gasteiger charge is -2.26. The number of fused-ring (bicyclic) bond motifs is 7. The molecule has 0 spiro atoms. The topological polar surface area (TPSA) is 50.9 Å². The van der Waals surface area contributed by atoms with E-state index in [1.165, 1.54) is 32.6 Å². The summed E-state index contributed by atoms with van der Waals surface area (Å²) in [6, 6.07) is 59.7. The lowest BCUT2D eigenvalue weighted by atomic mass is 9.92. The molecule has 0 aliphatic carbocycles. The summed E-state index contributed by atoms with van der Waals surface area (Å²) in [4.78, 5) is 10.1. The van der Waals surface area contributed by atoms with Gasteiger partial charge >= 0.3 is 0 Å². The first-order chi connectivity index (χ1) is 25.8. The fourth-order valence-electron chi connectivity index (χ4n) is 8.08. The summed E-state index contributed by atoms with van der Waals surface area (Å²) >= 11 is 0. The van der Waals surface area contributed by atoms with Crippen molar-refractivity contribution in [2.75, 3.05) is 0 Å². The van der Waals surface area contributed by atoms with Crippen LogP contribution < -0.4 is 10.1 Å². The van der Waals surface area contributed by atoms with Gasteiger partial charge in [-0.1, -0.05) is 127 Å². The number of aromatic nitrogens is 1. The predicted molar refractivity (Wildman–Crippen MR) is 213 cm³/mol. The maximum Gasteiger partial charge on any atom is 0.159 e. The Kier molecular flexibility index (Phi) is 6.25. The van der Waals surface area contributed by atoms with Crippen molar-refractivity contribution in [1.29, 1.82) is 0 Å². The SMILES string of the molecule is c1ccc(C2=NC(c3ccccc3)NC(c3ccc4c(c3)-c3cccc5c(-n6c7ccccc7c7c8ccccc8ccc76)ccc(c35)O4)=N2)cc1. The molecule has 8 aromatic carbocycles. The molecule has 2 aliphatic heterocycles. The van der Waals surface area contributed by atoms with Crippen molar-refractivity contribution in [3.63, 3.8) is 0 Å². The van der Waals surface area contributed by atoms with E-state index in [9.17, 15) is 0 Å². The van der Waals surface area contributed by atoms with Crippen LogP contribution in [0.15, 0.2) is 180 Å². The molecular weight excluding hydrogens is 637 g/mol. The standard InChI is InChI=1S/C47H30N4O/c1-3-13-30(14-4-1)45-48-46(31-15-5-2-6-16-31)50-47(49-45)32-23-26-41-37(28-32)34-19-11-20-36-39(25-27-42(52-41)44(34)36)51-38-21-10-9-18-35(38)43-33-17-8-7-12-29(33)22-24-40(43)51/h1-28,45H,(H,48,49,50). The Balaban J connectivity index is 1.08. The van der Waals surface area contributed by atoms with Gasteiger partial charge in [0.05, 0.1) is 16.7 Å². The van der Waals surface area contributed by atoms with Crippen molar-refractivity contribution in [3.8, 4) is 28.3 Å². The van der Waals surface area contributed by atoms with Crippen LogP contribution in [0.25, 0.3) is 60.2 Å². The van der Waals surface area contributed by atoms with Crippen LogP contribution in [-0.4, -0.2) is 16.2 Å². The monoisotopic (exact) mass is 666 g/mol. The third-order valence-electron chi connectivity index (χ3n) is 10.4. The molecule has 1 aromatic heterocycles. The Morgan fingerprint density at radius 3 is 2.15 bits per heavy atom. The van der Waals surface area contributed by atoms with E-state index in [0.29, 0.717) is 5.84 Å². The highest BCUT2D eigenvalue weighted by molar-refractivity contribution is 6.22. The smallest absolute Gasteiger partial charge is 0.159 e. The number of aliphatic imine (C=N–C) groups is 2. The molecule has 5 nitrogen and oxygen atoms in total. The number of para-hydroxylation sites is 1. The van der Waals surface area contributed by atoms with Crippen LogP contribution in [0.5, 0.6) is 11.5 Å². The van der Waals surface area contributed by atoms with Gasteiger partial charge in [0.2, 0.25) is 0 Å². The summed E-state index contributed by atoms with van der Waals surface area (Å²) in [5, 5.41) is 10.9. The largest absolute Gasteiger partial charge is 0.456 e. The van der Waals surface area contributed by atoms with E-state index in [0.717, 1.165) is 61.6 Å². The molecule has 0 saturated carbocycles. The molecule has 1 unspecified atom stereocenters. The summed E-state index contributed by atoms with van der Waals surface area (Å²) in [6.07, 6.45) is -0.272. The number of amidine groups is 2. The number of hydrogen-bond donors (Lipinski definition) is 1. The van der Waals surface area contributed by atoms with Crippen LogP contribution in [0, 0.1) is 0 Å². The lowest BCUT2D eigenvalue weighted by molar-refractivity contribution is 0.487. The molecule has 1 N–H and O–H groups in total. The Morgan fingerprint density at radius 1 is 0.519 bits per heavy atom. The van der Waals surface area contributed by atoms with Crippen LogP contribution in [0.1, 0.15) is 22.9 Å². The molecule has 3 heterocycles. The normalized spacial score (nSPS) is 14.9. The zero-order valence-corrected chi connectivity index (χ0v) is 28.0. The van der Waals surface area contributed by atoms with Crippen LogP contribution in [0.4, 0.5) is 0 Å². The quantitative estimate of drug-likeness (QED) is 0.203. The van der Waals surface area contributed by atoms with E-state index >= 15 is 0 Å². The minimum Gasteiger partial charge on any atom is -0.456 e. The van der Waals surface area contributed by atoms with E-state index in [2.05, 4.69) is 143 Å². The Morgan fingerprint density at radius 2 is 1.27 bits per heavy atom. The Hall–Kier alpha value is -6.98. The summed E-state index contributed by atoms with van der Waals surface area (Å²) in [6.45, 7) is 0. The van der Waals surface area contributed by atoms with Gasteiger partial charge in [0.15, 0.2) is 5.84 Å². The fourth-order valence-corrected chi connectivity index (χ4v) is 8.08. The van der Waals surface area contributed by atoms with Crippen LogP contribution >= 0.6 is 0 Å². The van der Waals surface area contributed by atoms with E-state index < -0.39 is 0 Å². The van der Waals surface area contributed by atoms with Gasteiger partial charge in [-0.15, -0.1) is 0 Å². The number of rotatable bonds is 4. The maximum atomic E-state index is 6.68. The Labute approximate surface area is 299 Å². The van der Waals surface area contributed by atoms with Crippen LogP contribution in [0.3, 0.4) is 0 Å². The molecule has 52 heavy (non-hydrogen) atoms. The molecule has 11 rings (SSSR count). The fraction of sp³-hybridized carbons (Fsp3) is 0.0213. The molecular formula is C47H30N4O. The summed E-state index contributed by atoms with van der Waals surface area (Å²) < 4.78 is 9.10. The minimum absolute atomic E-state index is 0.272. The minimum atomic E-state index is -0.272. The van der Waals surface area contributed by atoms with Gasteiger partial charge in [-0.2, -0.15) is 0 Å². The molecule has 0 amide bonds. The average Bonchev–Trinajstić information content (AvgIpc) is 3.56. The van der Waals surface area contributed by atoms with E-state index in [-0.39, 0.29) is 6.17 Å². The maximum absolute atomic E-state index is 6.68. The highest BCUT2D eigenvalue weighted by atomic mass is 16.5. The van der Waals surface area contributed by atoms with Crippen LogP contribution in [-0.2, 0) is 0 Å². The van der Waals surface area contributed by atoms with Gasteiger partial charge in [0.1, 0.15) is 23.5 Å². The van der Waals surface area contributed by atoms with E-state index in [1.54, 1.807) is 0 Å². The molecule has 0 bridgehead atoms. The summed E-state index contributed by atoms with van der Waals surface area (Å²) in [7, 11) is 0. The predicted octanol–water partition coefficient (Wildman–Crippen LogP) is 11.4. The second kappa shape index (κ2) is 11.3. The van der Waals surface area contributed by atoms with Crippen LogP contribution in [0.2, 0.25) is 0 Å². The third kappa shape index (κ3) is 4.36. The second-order valence-corrected chi connectivity index (χ2v) is 13.4. The molecule has 2 aliphatic rings. The number of nitrogens with one attached hydrogen (secondary N) is 1. The van der Waals surface area contributed by atoms with Gasteiger partial charge in [-0.3, -0.25) is 0 Å². The molecule has 9 aromatic rings. The van der Waals surface area contributed by atoms with Gasteiger partial charge in [0, 0.05) is 38.2 Å². The molecule has 1 atom stereocenters. The average molecular weight is 667 g/mol. The van der Waals surface area contributed by atoms with Crippen molar-refractivity contribution in [2.24, 2.45) is 9.98 Å². The number of benzene rings is 8. The summed E-state index contributed by atoms with van der Waals surface area (Å²) in [5.74, 6) is 3.16. The van der Waals surface area contributed by atoms with Crippen molar-refractivity contribution in [1.82, 2.24) is 9.88 Å². The molecule has 0 radical (unpaired) electrons. The van der Waals surface area contributed by atoms with Crippen molar-refractivity contribution < 1.29 is 4.74 Å². The highest BCUT2D eigenvalue weighted by Gasteiger charge is 2.26. The van der Waals surface area contributed by atoms with Crippen molar-refractivity contribution in [3.05, 3.63) is 187 Å². The van der Waals surface area contributed by atoms with Gasteiger partial charge < -0.3 is 14.6 Å². The first kappa shape index (κ1) is 28.8. The number of ether oxygens (including phenoxy) is 1. The van der Waals surface area contributed by atoms with Gasteiger partial charge in [-0.25, -0.2) is 9.98 Å². The van der Waals surface area contributed by atoms with Gasteiger partial charge in [0.25, 0.3) is 0 Å². The van der Waals surface area contributed by atoms with Crippen molar-refractivity contribution in [2.45, 2.75) is 6.17 Å². The zero-order valence-electron chi connectivity index (χ0n) is 28.0. The number of nitrogens with zero attached hydrogens (tertiary/aromatic N) is 3. The van der Waals surface area contributed by atoms with E-state index in [1.807, 2.05) is 36.4 Å². The molecule has 5 heteroatoms. The third-order valence-corrected chi connectivity index (χ3v) is 10.4. The summed E-state index contributed by atoms with van der Waals surface area (Å²) in [5.41, 5.74) is 8.68. The van der Waals surface area contributed by atoms with E-state index in [4.69, 9.17) is 14.7 Å².